The maximum Gasteiger partial charge on any atom is 0.181 e. The molecule has 0 unspecified atom stereocenters. The summed E-state index contributed by atoms with van der Waals surface area (Å²) in [6.07, 6.45) is 8.32. The van der Waals surface area contributed by atoms with Crippen LogP contribution >= 0.6 is 0 Å². The minimum atomic E-state index is 0.647. The highest BCUT2D eigenvalue weighted by atomic mass is 15.2. The number of hydrogen-bond donors (Lipinski definition) is 2. The number of aromatic amines is 2. The second kappa shape index (κ2) is 7.39. The third-order valence-corrected chi connectivity index (χ3v) is 5.64. The average Bonchev–Trinajstić information content (AvgIpc) is 3.48. The van der Waals surface area contributed by atoms with Gasteiger partial charge >= 0.3 is 0 Å². The van der Waals surface area contributed by atoms with Crippen molar-refractivity contribution in [2.75, 3.05) is 0 Å². The van der Waals surface area contributed by atoms with Crippen LogP contribution in [0.2, 0.25) is 0 Å². The molecule has 0 bridgehead atoms. The average molecular weight is 417 g/mol. The van der Waals surface area contributed by atoms with Crippen molar-refractivity contribution in [2.24, 2.45) is 0 Å². The Morgan fingerprint density at radius 3 is 2.72 bits per heavy atom. The molecule has 6 aromatic rings. The zero-order valence-electron chi connectivity index (χ0n) is 17.4. The molecule has 7 nitrogen and oxygen atoms in total. The standard InChI is InChI=1S/C25H19N7/c1-2-15-10-16(13-26-12-15)17-11-19-23(31-32-24(19)28-14-17)25-29-21-8-5-6-18(22(21)30-25)20-7-3-4-9-27-20/h3-14H,2H2,1H3,(H,29,30)(H,28,31,32). The highest BCUT2D eigenvalue weighted by Crippen LogP contribution is 2.31. The van der Waals surface area contributed by atoms with Crippen LogP contribution in [-0.4, -0.2) is 35.1 Å². The molecule has 0 spiro atoms. The van der Waals surface area contributed by atoms with Gasteiger partial charge in [0.05, 0.1) is 22.1 Å². The van der Waals surface area contributed by atoms with Gasteiger partial charge < -0.3 is 4.98 Å². The van der Waals surface area contributed by atoms with E-state index < -0.39 is 0 Å². The Bertz CT molecular complexity index is 1560. The molecule has 32 heavy (non-hydrogen) atoms. The molecule has 6 rings (SSSR count). The summed E-state index contributed by atoms with van der Waals surface area (Å²) in [5.41, 5.74) is 8.35. The molecule has 0 atom stereocenters. The van der Waals surface area contributed by atoms with Gasteiger partial charge in [-0.2, -0.15) is 5.10 Å². The molecule has 7 heteroatoms. The Balaban J connectivity index is 1.50. The van der Waals surface area contributed by atoms with Gasteiger partial charge in [-0.3, -0.25) is 15.1 Å². The predicted molar refractivity (Wildman–Crippen MR) is 125 cm³/mol. The summed E-state index contributed by atoms with van der Waals surface area (Å²) in [6.45, 7) is 2.12. The third kappa shape index (κ3) is 3.02. The molecule has 0 fully saturated rings. The summed E-state index contributed by atoms with van der Waals surface area (Å²) in [5.74, 6) is 0.713. The Morgan fingerprint density at radius 1 is 0.906 bits per heavy atom. The first kappa shape index (κ1) is 18.4. The normalized spacial score (nSPS) is 11.4. The number of benzene rings is 1. The van der Waals surface area contributed by atoms with E-state index in [0.717, 1.165) is 50.9 Å². The summed E-state index contributed by atoms with van der Waals surface area (Å²) in [4.78, 5) is 21.8. The first-order chi connectivity index (χ1) is 15.8. The molecule has 0 aliphatic carbocycles. The summed E-state index contributed by atoms with van der Waals surface area (Å²) >= 11 is 0. The Labute approximate surface area is 183 Å². The minimum Gasteiger partial charge on any atom is -0.337 e. The number of aromatic nitrogens is 7. The van der Waals surface area contributed by atoms with Crippen LogP contribution in [0, 0.1) is 0 Å². The molecule has 0 aliphatic heterocycles. The van der Waals surface area contributed by atoms with Gasteiger partial charge in [-0.15, -0.1) is 0 Å². The van der Waals surface area contributed by atoms with E-state index in [0.29, 0.717) is 11.5 Å². The van der Waals surface area contributed by atoms with E-state index in [1.165, 1.54) is 5.56 Å². The van der Waals surface area contributed by atoms with E-state index in [4.69, 9.17) is 4.98 Å². The van der Waals surface area contributed by atoms with Crippen LogP contribution < -0.4 is 0 Å². The molecule has 154 valence electrons. The Hall–Kier alpha value is -4.39. The Morgan fingerprint density at radius 2 is 1.84 bits per heavy atom. The van der Waals surface area contributed by atoms with Crippen molar-refractivity contribution in [3.63, 3.8) is 0 Å². The number of nitrogens with one attached hydrogen (secondary N) is 2. The second-order valence-electron chi connectivity index (χ2n) is 7.63. The topological polar surface area (TPSA) is 96.0 Å². The summed E-state index contributed by atoms with van der Waals surface area (Å²) in [6, 6.07) is 16.2. The van der Waals surface area contributed by atoms with Gasteiger partial charge in [0.25, 0.3) is 0 Å². The van der Waals surface area contributed by atoms with Crippen molar-refractivity contribution in [3.05, 3.63) is 78.9 Å². The number of hydrogen-bond acceptors (Lipinski definition) is 5. The van der Waals surface area contributed by atoms with E-state index in [1.807, 2.05) is 55.0 Å². The van der Waals surface area contributed by atoms with E-state index in [9.17, 15) is 0 Å². The predicted octanol–water partition coefficient (Wildman–Crippen LogP) is 5.19. The van der Waals surface area contributed by atoms with Crippen molar-refractivity contribution >= 4 is 22.1 Å². The summed E-state index contributed by atoms with van der Waals surface area (Å²) in [5, 5.41) is 8.41. The lowest BCUT2D eigenvalue weighted by Gasteiger charge is -2.03. The number of rotatable bonds is 4. The molecule has 0 saturated carbocycles. The second-order valence-corrected chi connectivity index (χ2v) is 7.63. The highest BCUT2D eigenvalue weighted by molar-refractivity contribution is 5.96. The molecular formula is C25H19N7. The number of para-hydroxylation sites is 1. The van der Waals surface area contributed by atoms with E-state index in [2.05, 4.69) is 49.2 Å². The van der Waals surface area contributed by atoms with Gasteiger partial charge in [0.1, 0.15) is 5.69 Å². The largest absolute Gasteiger partial charge is 0.337 e. The molecule has 5 aromatic heterocycles. The van der Waals surface area contributed by atoms with Crippen molar-refractivity contribution in [2.45, 2.75) is 13.3 Å². The monoisotopic (exact) mass is 417 g/mol. The van der Waals surface area contributed by atoms with Crippen LogP contribution in [-0.2, 0) is 6.42 Å². The number of imidazole rings is 1. The van der Waals surface area contributed by atoms with Crippen molar-refractivity contribution in [1.82, 2.24) is 35.1 Å². The SMILES string of the molecule is CCc1cncc(-c2cnc3n[nH]c(-c4nc5c(-c6ccccn6)cccc5[nH]4)c3c2)c1. The maximum absolute atomic E-state index is 4.90. The third-order valence-electron chi connectivity index (χ3n) is 5.64. The molecule has 2 N–H and O–H groups in total. The van der Waals surface area contributed by atoms with Crippen LogP contribution in [0.1, 0.15) is 12.5 Å². The zero-order chi connectivity index (χ0) is 21.5. The first-order valence-corrected chi connectivity index (χ1v) is 10.5. The zero-order valence-corrected chi connectivity index (χ0v) is 17.4. The lowest BCUT2D eigenvalue weighted by atomic mass is 10.1. The molecule has 0 amide bonds. The maximum atomic E-state index is 4.90. The van der Waals surface area contributed by atoms with Gasteiger partial charge in [0.2, 0.25) is 0 Å². The van der Waals surface area contributed by atoms with Crippen LogP contribution in [0.25, 0.3) is 56.0 Å². The Kier molecular flexibility index (Phi) is 4.24. The number of pyridine rings is 3. The number of fused-ring (bicyclic) bond motifs is 2. The number of aryl methyl sites for hydroxylation is 1. The van der Waals surface area contributed by atoms with Gasteiger partial charge in [-0.1, -0.05) is 25.1 Å². The van der Waals surface area contributed by atoms with Crippen LogP contribution in [0.4, 0.5) is 0 Å². The quantitative estimate of drug-likeness (QED) is 0.412. The van der Waals surface area contributed by atoms with Gasteiger partial charge in [0.15, 0.2) is 11.5 Å². The minimum absolute atomic E-state index is 0.647. The van der Waals surface area contributed by atoms with E-state index >= 15 is 0 Å². The fourth-order valence-corrected chi connectivity index (χ4v) is 3.96. The van der Waals surface area contributed by atoms with Crippen molar-refractivity contribution in [3.8, 4) is 33.9 Å². The molecular weight excluding hydrogens is 398 g/mol. The smallest absolute Gasteiger partial charge is 0.181 e. The fraction of sp³-hybridized carbons (Fsp3) is 0.0800. The molecule has 0 saturated heterocycles. The molecule has 0 radical (unpaired) electrons. The van der Waals surface area contributed by atoms with Crippen molar-refractivity contribution in [1.29, 1.82) is 0 Å². The highest BCUT2D eigenvalue weighted by Gasteiger charge is 2.16. The van der Waals surface area contributed by atoms with Crippen LogP contribution in [0.15, 0.2) is 73.3 Å². The lowest BCUT2D eigenvalue weighted by molar-refractivity contribution is 1.09. The number of nitrogens with zero attached hydrogens (tertiary/aromatic N) is 5. The lowest BCUT2D eigenvalue weighted by Crippen LogP contribution is -1.87. The molecule has 1 aromatic carbocycles. The van der Waals surface area contributed by atoms with Crippen molar-refractivity contribution < 1.29 is 0 Å². The van der Waals surface area contributed by atoms with E-state index in [1.54, 1.807) is 6.20 Å². The van der Waals surface area contributed by atoms with Gasteiger partial charge in [-0.25, -0.2) is 9.97 Å². The van der Waals surface area contributed by atoms with Crippen LogP contribution in [0.5, 0.6) is 0 Å². The summed E-state index contributed by atoms with van der Waals surface area (Å²) in [7, 11) is 0. The molecule has 0 aliphatic rings. The van der Waals surface area contributed by atoms with Gasteiger partial charge in [0, 0.05) is 41.5 Å². The van der Waals surface area contributed by atoms with Crippen LogP contribution in [0.3, 0.4) is 0 Å². The number of H-pyrrole nitrogens is 2. The molecule has 5 heterocycles. The summed E-state index contributed by atoms with van der Waals surface area (Å²) < 4.78 is 0. The fourth-order valence-electron chi connectivity index (χ4n) is 3.96. The van der Waals surface area contributed by atoms with Gasteiger partial charge in [-0.05, 0) is 42.3 Å². The first-order valence-electron chi connectivity index (χ1n) is 10.5. The van der Waals surface area contributed by atoms with E-state index in [-0.39, 0.29) is 0 Å².